The first-order chi connectivity index (χ1) is 3.12. The summed E-state index contributed by atoms with van der Waals surface area (Å²) in [4.78, 5) is 0. The summed E-state index contributed by atoms with van der Waals surface area (Å²) in [5, 5.41) is 0. The Kier molecular flexibility index (Phi) is 3.62. The first kappa shape index (κ1) is 8.05. The SMILES string of the molecule is CC(S)(CS)CS. The minimum Gasteiger partial charge on any atom is -0.178 e. The minimum absolute atomic E-state index is 0.00617. The van der Waals surface area contributed by atoms with Crippen molar-refractivity contribution in [3.05, 3.63) is 0 Å². The van der Waals surface area contributed by atoms with E-state index in [9.17, 15) is 0 Å². The Morgan fingerprint density at radius 1 is 1.29 bits per heavy atom. The predicted octanol–water partition coefficient (Wildman–Crippen LogP) is 1.53. The lowest BCUT2D eigenvalue weighted by atomic mass is 10.2. The van der Waals surface area contributed by atoms with E-state index in [-0.39, 0.29) is 4.75 Å². The average molecular weight is 154 g/mol. The molecule has 0 spiro atoms. The fourth-order valence-electron chi connectivity index (χ4n) is 0.0500. The maximum Gasteiger partial charge on any atom is 0.0277 e. The van der Waals surface area contributed by atoms with Gasteiger partial charge < -0.3 is 0 Å². The van der Waals surface area contributed by atoms with Crippen molar-refractivity contribution in [2.45, 2.75) is 11.7 Å². The third kappa shape index (κ3) is 3.62. The van der Waals surface area contributed by atoms with Gasteiger partial charge in [0, 0.05) is 16.3 Å². The van der Waals surface area contributed by atoms with E-state index in [2.05, 4.69) is 37.9 Å². The standard InChI is InChI=1S/C4H10S3/c1-4(7,2-5)3-6/h5-7H,2-3H2,1H3. The molecular weight excluding hydrogens is 144 g/mol. The van der Waals surface area contributed by atoms with Crippen molar-refractivity contribution in [1.29, 1.82) is 0 Å². The molecule has 0 N–H and O–H groups in total. The molecule has 0 unspecified atom stereocenters. The number of rotatable bonds is 2. The van der Waals surface area contributed by atoms with Gasteiger partial charge in [0.2, 0.25) is 0 Å². The van der Waals surface area contributed by atoms with Crippen LogP contribution in [0.25, 0.3) is 0 Å². The van der Waals surface area contributed by atoms with Gasteiger partial charge in [-0.1, -0.05) is 0 Å². The molecule has 0 aromatic rings. The average Bonchev–Trinajstić information content (AvgIpc) is 1.68. The largest absolute Gasteiger partial charge is 0.178 e. The van der Waals surface area contributed by atoms with Crippen molar-refractivity contribution in [1.82, 2.24) is 0 Å². The van der Waals surface area contributed by atoms with Crippen molar-refractivity contribution < 1.29 is 0 Å². The summed E-state index contributed by atoms with van der Waals surface area (Å²) in [7, 11) is 0. The zero-order valence-electron chi connectivity index (χ0n) is 4.26. The van der Waals surface area contributed by atoms with Gasteiger partial charge in [-0.15, -0.1) is 0 Å². The van der Waals surface area contributed by atoms with Crippen LogP contribution in [0.15, 0.2) is 0 Å². The van der Waals surface area contributed by atoms with Crippen LogP contribution >= 0.6 is 37.9 Å². The van der Waals surface area contributed by atoms with Crippen LogP contribution in [0.4, 0.5) is 0 Å². The zero-order valence-corrected chi connectivity index (χ0v) is 6.94. The first-order valence-corrected chi connectivity index (χ1v) is 3.78. The lowest BCUT2D eigenvalue weighted by Gasteiger charge is -2.16. The Hall–Kier alpha value is 1.05. The molecule has 0 aliphatic carbocycles. The van der Waals surface area contributed by atoms with E-state index in [1.54, 1.807) is 0 Å². The predicted molar refractivity (Wildman–Crippen MR) is 45.1 cm³/mol. The molecule has 0 aliphatic rings. The second-order valence-corrected chi connectivity index (χ2v) is 3.53. The molecule has 0 rings (SSSR count). The molecule has 0 amide bonds. The monoisotopic (exact) mass is 154 g/mol. The molecule has 0 saturated carbocycles. The molecule has 0 bridgehead atoms. The second-order valence-electron chi connectivity index (χ2n) is 1.81. The van der Waals surface area contributed by atoms with Crippen LogP contribution in [0, 0.1) is 0 Å². The molecule has 0 radical (unpaired) electrons. The minimum atomic E-state index is 0.00617. The van der Waals surface area contributed by atoms with Gasteiger partial charge >= 0.3 is 0 Å². The molecular formula is C4H10S3. The Balaban J connectivity index is 3.36. The van der Waals surface area contributed by atoms with Crippen LogP contribution in [-0.4, -0.2) is 16.3 Å². The summed E-state index contributed by atoms with van der Waals surface area (Å²) in [5.74, 6) is 1.55. The third-order valence-electron chi connectivity index (χ3n) is 0.681. The van der Waals surface area contributed by atoms with Crippen LogP contribution in [0.2, 0.25) is 0 Å². The summed E-state index contributed by atoms with van der Waals surface area (Å²) in [6.45, 7) is 2.01. The maximum absolute atomic E-state index is 4.23. The van der Waals surface area contributed by atoms with Gasteiger partial charge in [0.05, 0.1) is 0 Å². The van der Waals surface area contributed by atoms with Gasteiger partial charge in [0.1, 0.15) is 0 Å². The fraction of sp³-hybridized carbons (Fsp3) is 1.00. The van der Waals surface area contributed by atoms with Gasteiger partial charge in [-0.3, -0.25) is 0 Å². The van der Waals surface area contributed by atoms with Gasteiger partial charge in [-0.2, -0.15) is 37.9 Å². The quantitative estimate of drug-likeness (QED) is 0.494. The molecule has 0 nitrogen and oxygen atoms in total. The molecule has 44 valence electrons. The van der Waals surface area contributed by atoms with E-state index in [0.29, 0.717) is 0 Å². The molecule has 7 heavy (non-hydrogen) atoms. The fourth-order valence-corrected chi connectivity index (χ4v) is 0.450. The molecule has 0 heterocycles. The normalized spacial score (nSPS) is 12.0. The number of thiol groups is 3. The molecule has 0 saturated heterocycles. The maximum atomic E-state index is 4.23. The lowest BCUT2D eigenvalue weighted by molar-refractivity contribution is 0.845. The summed E-state index contributed by atoms with van der Waals surface area (Å²) in [5.41, 5.74) is 0. The topological polar surface area (TPSA) is 0 Å². The third-order valence-corrected chi connectivity index (χ3v) is 2.89. The van der Waals surface area contributed by atoms with E-state index in [4.69, 9.17) is 0 Å². The van der Waals surface area contributed by atoms with E-state index in [1.807, 2.05) is 6.92 Å². The number of hydrogen-bond donors (Lipinski definition) is 3. The number of hydrogen-bond acceptors (Lipinski definition) is 3. The Morgan fingerprint density at radius 2 is 1.57 bits per heavy atom. The molecule has 3 heteroatoms. The molecule has 0 aromatic carbocycles. The van der Waals surface area contributed by atoms with Crippen LogP contribution in [0.1, 0.15) is 6.92 Å². The van der Waals surface area contributed by atoms with E-state index in [0.717, 1.165) is 11.5 Å². The van der Waals surface area contributed by atoms with Crippen molar-refractivity contribution in [2.24, 2.45) is 0 Å². The first-order valence-electron chi connectivity index (χ1n) is 2.06. The van der Waals surface area contributed by atoms with Crippen LogP contribution in [0.3, 0.4) is 0 Å². The summed E-state index contributed by atoms with van der Waals surface area (Å²) < 4.78 is 0.00617. The van der Waals surface area contributed by atoms with E-state index < -0.39 is 0 Å². The molecule has 0 fully saturated rings. The van der Waals surface area contributed by atoms with Gasteiger partial charge in [0.15, 0.2) is 0 Å². The highest BCUT2D eigenvalue weighted by atomic mass is 32.1. The van der Waals surface area contributed by atoms with Crippen LogP contribution in [0.5, 0.6) is 0 Å². The molecule has 0 atom stereocenters. The van der Waals surface area contributed by atoms with Gasteiger partial charge in [0.25, 0.3) is 0 Å². The lowest BCUT2D eigenvalue weighted by Crippen LogP contribution is -2.20. The Labute approximate surface area is 61.3 Å². The summed E-state index contributed by atoms with van der Waals surface area (Å²) in [6, 6.07) is 0. The highest BCUT2D eigenvalue weighted by Crippen LogP contribution is 2.15. The van der Waals surface area contributed by atoms with Gasteiger partial charge in [-0.05, 0) is 6.92 Å². The highest BCUT2D eigenvalue weighted by Gasteiger charge is 2.12. The van der Waals surface area contributed by atoms with E-state index >= 15 is 0 Å². The van der Waals surface area contributed by atoms with Crippen molar-refractivity contribution >= 4 is 37.9 Å². The summed E-state index contributed by atoms with van der Waals surface area (Å²) in [6.07, 6.45) is 0. The van der Waals surface area contributed by atoms with Crippen LogP contribution in [-0.2, 0) is 0 Å². The van der Waals surface area contributed by atoms with Crippen LogP contribution < -0.4 is 0 Å². The van der Waals surface area contributed by atoms with E-state index in [1.165, 1.54) is 0 Å². The Bertz CT molecular complexity index is 44.9. The summed E-state index contributed by atoms with van der Waals surface area (Å²) >= 11 is 12.3. The Morgan fingerprint density at radius 3 is 1.57 bits per heavy atom. The van der Waals surface area contributed by atoms with Crippen molar-refractivity contribution in [3.63, 3.8) is 0 Å². The second kappa shape index (κ2) is 3.15. The van der Waals surface area contributed by atoms with Crippen molar-refractivity contribution in [2.75, 3.05) is 11.5 Å². The van der Waals surface area contributed by atoms with Crippen molar-refractivity contribution in [3.8, 4) is 0 Å². The smallest absolute Gasteiger partial charge is 0.0277 e. The highest BCUT2D eigenvalue weighted by molar-refractivity contribution is 7.87. The van der Waals surface area contributed by atoms with Gasteiger partial charge in [-0.25, -0.2) is 0 Å². The molecule has 0 aliphatic heterocycles. The molecule has 0 aromatic heterocycles. The zero-order chi connectivity index (χ0) is 5.91.